The number of hydrogen-bond acceptors (Lipinski definition) is 2. The lowest BCUT2D eigenvalue weighted by atomic mass is 10.2. The van der Waals surface area contributed by atoms with E-state index in [1.165, 1.54) is 31.1 Å². The van der Waals surface area contributed by atoms with Gasteiger partial charge in [-0.25, -0.2) is 4.39 Å². The molecule has 2 nitrogen and oxygen atoms in total. The highest BCUT2D eigenvalue weighted by atomic mass is 32.2. The number of aromatic amines is 1. The summed E-state index contributed by atoms with van der Waals surface area (Å²) in [4.78, 5) is 2.96. The number of aromatic nitrogens is 2. The smallest absolute Gasteiger partial charge is 0.178 e. The lowest BCUT2D eigenvalue weighted by Gasteiger charge is -2.04. The number of fused-ring (bicyclic) bond motifs is 1. The monoisotopic (exact) mass is 298 g/mol. The standard InChI is InChI=1S/C14H19FN2S2/c1-19-10-5-3-2-4-9-17-12-8-6-7-11(15)13(12)16-14(17)18/h6-8H,2-5,9-10H2,1H3,(H,16,18). The van der Waals surface area contributed by atoms with Crippen molar-refractivity contribution in [3.63, 3.8) is 0 Å². The van der Waals surface area contributed by atoms with Crippen LogP contribution in [0.5, 0.6) is 0 Å². The van der Waals surface area contributed by atoms with E-state index in [1.54, 1.807) is 6.07 Å². The second-order valence-corrected chi connectivity index (χ2v) is 6.00. The molecule has 0 unspecified atom stereocenters. The van der Waals surface area contributed by atoms with E-state index in [4.69, 9.17) is 12.2 Å². The molecular weight excluding hydrogens is 279 g/mol. The van der Waals surface area contributed by atoms with Crippen LogP contribution in [0.4, 0.5) is 4.39 Å². The largest absolute Gasteiger partial charge is 0.328 e. The first-order valence-corrected chi connectivity index (χ1v) is 8.40. The van der Waals surface area contributed by atoms with Crippen molar-refractivity contribution in [1.82, 2.24) is 9.55 Å². The van der Waals surface area contributed by atoms with Crippen molar-refractivity contribution >= 4 is 35.0 Å². The van der Waals surface area contributed by atoms with Gasteiger partial charge in [0.1, 0.15) is 11.3 Å². The minimum absolute atomic E-state index is 0.234. The SMILES string of the molecule is CSCCCCCCn1c(=S)[nH]c2c(F)cccc21. The molecule has 0 amide bonds. The van der Waals surface area contributed by atoms with E-state index in [9.17, 15) is 4.39 Å². The maximum absolute atomic E-state index is 13.6. The van der Waals surface area contributed by atoms with Gasteiger partial charge in [0, 0.05) is 6.54 Å². The van der Waals surface area contributed by atoms with Crippen LogP contribution in [0.3, 0.4) is 0 Å². The van der Waals surface area contributed by atoms with Gasteiger partial charge in [-0.2, -0.15) is 11.8 Å². The van der Waals surface area contributed by atoms with E-state index in [0.717, 1.165) is 18.5 Å². The molecule has 0 aliphatic carbocycles. The zero-order valence-corrected chi connectivity index (χ0v) is 12.7. The van der Waals surface area contributed by atoms with Crippen LogP contribution < -0.4 is 0 Å². The fourth-order valence-electron chi connectivity index (χ4n) is 2.24. The summed E-state index contributed by atoms with van der Waals surface area (Å²) < 4.78 is 16.2. The number of thioether (sulfide) groups is 1. The van der Waals surface area contributed by atoms with Crippen LogP contribution in [0, 0.1) is 10.6 Å². The Labute approximate surface area is 122 Å². The Hall–Kier alpha value is -0.810. The molecular formula is C14H19FN2S2. The number of nitrogens with one attached hydrogen (secondary N) is 1. The van der Waals surface area contributed by atoms with E-state index < -0.39 is 0 Å². The summed E-state index contributed by atoms with van der Waals surface area (Å²) >= 11 is 7.16. The molecule has 0 saturated carbocycles. The van der Waals surface area contributed by atoms with Crippen LogP contribution in [-0.4, -0.2) is 21.6 Å². The molecule has 0 spiro atoms. The predicted molar refractivity (Wildman–Crippen MR) is 83.9 cm³/mol. The lowest BCUT2D eigenvalue weighted by Crippen LogP contribution is -1.98. The van der Waals surface area contributed by atoms with Gasteiger partial charge in [0.25, 0.3) is 0 Å². The molecule has 0 atom stereocenters. The molecule has 1 N–H and O–H groups in total. The molecule has 1 heterocycles. The average Bonchev–Trinajstić information content (AvgIpc) is 2.72. The van der Waals surface area contributed by atoms with Crippen molar-refractivity contribution in [2.75, 3.05) is 12.0 Å². The molecule has 0 fully saturated rings. The molecule has 1 aromatic heterocycles. The number of H-pyrrole nitrogens is 1. The average molecular weight is 298 g/mol. The zero-order valence-electron chi connectivity index (χ0n) is 11.1. The Bertz CT molecular complexity index is 589. The van der Waals surface area contributed by atoms with Crippen LogP contribution in [0.25, 0.3) is 11.0 Å². The Morgan fingerprint density at radius 3 is 2.84 bits per heavy atom. The Balaban J connectivity index is 1.99. The van der Waals surface area contributed by atoms with Crippen LogP contribution in [0.15, 0.2) is 18.2 Å². The van der Waals surface area contributed by atoms with E-state index in [2.05, 4.69) is 11.2 Å². The van der Waals surface area contributed by atoms with Gasteiger partial charge >= 0.3 is 0 Å². The van der Waals surface area contributed by atoms with Crippen molar-refractivity contribution in [2.24, 2.45) is 0 Å². The van der Waals surface area contributed by atoms with Gasteiger partial charge in [0.05, 0.1) is 5.52 Å². The van der Waals surface area contributed by atoms with E-state index in [1.807, 2.05) is 22.4 Å². The highest BCUT2D eigenvalue weighted by Crippen LogP contribution is 2.18. The molecule has 1 aromatic carbocycles. The van der Waals surface area contributed by atoms with Gasteiger partial charge in [-0.05, 0) is 49.2 Å². The molecule has 2 aromatic rings. The minimum Gasteiger partial charge on any atom is -0.328 e. The van der Waals surface area contributed by atoms with Gasteiger partial charge in [-0.3, -0.25) is 0 Å². The molecule has 0 radical (unpaired) electrons. The summed E-state index contributed by atoms with van der Waals surface area (Å²) in [6.45, 7) is 0.863. The first-order chi connectivity index (χ1) is 9.24. The Morgan fingerprint density at radius 1 is 1.26 bits per heavy atom. The van der Waals surface area contributed by atoms with E-state index >= 15 is 0 Å². The predicted octanol–water partition coefficient (Wildman–Crippen LogP) is 4.76. The summed E-state index contributed by atoms with van der Waals surface area (Å²) in [5.74, 6) is 1.000. The molecule has 5 heteroatoms. The Kier molecular flexibility index (Phi) is 5.45. The molecule has 19 heavy (non-hydrogen) atoms. The van der Waals surface area contributed by atoms with Crippen LogP contribution >= 0.6 is 24.0 Å². The summed E-state index contributed by atoms with van der Waals surface area (Å²) in [6.07, 6.45) is 6.95. The van der Waals surface area contributed by atoms with Crippen molar-refractivity contribution < 1.29 is 4.39 Å². The summed E-state index contributed by atoms with van der Waals surface area (Å²) in [7, 11) is 0. The number of aryl methyl sites for hydroxylation is 1. The number of benzene rings is 1. The van der Waals surface area contributed by atoms with E-state index in [0.29, 0.717) is 10.3 Å². The van der Waals surface area contributed by atoms with Crippen molar-refractivity contribution in [3.8, 4) is 0 Å². The van der Waals surface area contributed by atoms with Gasteiger partial charge in [0.2, 0.25) is 0 Å². The maximum atomic E-state index is 13.6. The van der Waals surface area contributed by atoms with Crippen LogP contribution in [0.2, 0.25) is 0 Å². The maximum Gasteiger partial charge on any atom is 0.178 e. The summed E-state index contributed by atoms with van der Waals surface area (Å²) in [6, 6.07) is 5.11. The molecule has 2 rings (SSSR count). The minimum atomic E-state index is -0.234. The quantitative estimate of drug-likeness (QED) is 0.587. The molecule has 0 aliphatic heterocycles. The lowest BCUT2D eigenvalue weighted by molar-refractivity contribution is 0.589. The fourth-order valence-corrected chi connectivity index (χ4v) is 3.02. The van der Waals surface area contributed by atoms with Crippen molar-refractivity contribution in [2.45, 2.75) is 32.2 Å². The Morgan fingerprint density at radius 2 is 2.05 bits per heavy atom. The molecule has 0 bridgehead atoms. The van der Waals surface area contributed by atoms with Gasteiger partial charge in [-0.1, -0.05) is 18.9 Å². The number of hydrogen-bond donors (Lipinski definition) is 1. The molecule has 104 valence electrons. The first-order valence-electron chi connectivity index (χ1n) is 6.60. The number of nitrogens with zero attached hydrogens (tertiary/aromatic N) is 1. The zero-order chi connectivity index (χ0) is 13.7. The number of rotatable bonds is 7. The third-order valence-electron chi connectivity index (χ3n) is 3.24. The second-order valence-electron chi connectivity index (χ2n) is 4.62. The number of halogens is 1. The molecule has 0 aliphatic rings. The second kappa shape index (κ2) is 7.10. The number of imidazole rings is 1. The fraction of sp³-hybridized carbons (Fsp3) is 0.500. The summed E-state index contributed by atoms with van der Waals surface area (Å²) in [5.41, 5.74) is 1.39. The number of unbranched alkanes of at least 4 members (excludes halogenated alkanes) is 3. The normalized spacial score (nSPS) is 11.3. The van der Waals surface area contributed by atoms with Crippen molar-refractivity contribution in [1.29, 1.82) is 0 Å². The van der Waals surface area contributed by atoms with E-state index in [-0.39, 0.29) is 5.82 Å². The summed E-state index contributed by atoms with van der Waals surface area (Å²) in [5, 5.41) is 0. The first kappa shape index (κ1) is 14.6. The highest BCUT2D eigenvalue weighted by molar-refractivity contribution is 7.98. The number of para-hydroxylation sites is 1. The van der Waals surface area contributed by atoms with Crippen LogP contribution in [-0.2, 0) is 6.54 Å². The van der Waals surface area contributed by atoms with Crippen molar-refractivity contribution in [3.05, 3.63) is 28.8 Å². The highest BCUT2D eigenvalue weighted by Gasteiger charge is 2.07. The van der Waals surface area contributed by atoms with Gasteiger partial charge < -0.3 is 9.55 Å². The topological polar surface area (TPSA) is 20.7 Å². The molecule has 0 saturated heterocycles. The third kappa shape index (κ3) is 3.60. The van der Waals surface area contributed by atoms with Crippen LogP contribution in [0.1, 0.15) is 25.7 Å². The van der Waals surface area contributed by atoms with Gasteiger partial charge in [-0.15, -0.1) is 0 Å². The third-order valence-corrected chi connectivity index (χ3v) is 4.26. The van der Waals surface area contributed by atoms with Gasteiger partial charge in [0.15, 0.2) is 4.77 Å².